The number of aryl methyl sites for hydroxylation is 2. The largest absolute Gasteiger partial charge is 0.451 e. The average Bonchev–Trinajstić information content (AvgIpc) is 3.23. The maximum Gasteiger partial charge on any atom is 0.289 e. The van der Waals surface area contributed by atoms with Gasteiger partial charge in [0, 0.05) is 31.1 Å². The lowest BCUT2D eigenvalue weighted by atomic mass is 10.1. The summed E-state index contributed by atoms with van der Waals surface area (Å²) in [7, 11) is 1.85. The molecule has 1 amide bonds. The maximum absolute atomic E-state index is 12.8. The lowest BCUT2D eigenvalue weighted by molar-refractivity contribution is 0.0736. The Morgan fingerprint density at radius 2 is 2.20 bits per heavy atom. The van der Waals surface area contributed by atoms with Gasteiger partial charge in [-0.25, -0.2) is 0 Å². The van der Waals surface area contributed by atoms with Crippen LogP contribution in [-0.2, 0) is 11.2 Å². The van der Waals surface area contributed by atoms with E-state index in [-0.39, 0.29) is 5.91 Å². The number of furan rings is 1. The predicted molar refractivity (Wildman–Crippen MR) is 100 cm³/mol. The lowest BCUT2D eigenvalue weighted by Gasteiger charge is -2.17. The third-order valence-corrected chi connectivity index (χ3v) is 5.12. The van der Waals surface area contributed by atoms with Crippen LogP contribution in [0.1, 0.15) is 60.7 Å². The van der Waals surface area contributed by atoms with E-state index in [1.54, 1.807) is 4.90 Å². The Morgan fingerprint density at radius 3 is 2.92 bits per heavy atom. The van der Waals surface area contributed by atoms with Crippen molar-refractivity contribution in [2.45, 2.75) is 58.5 Å². The molecule has 0 N–H and O–H groups in total. The van der Waals surface area contributed by atoms with E-state index in [0.717, 1.165) is 68.2 Å². The van der Waals surface area contributed by atoms with Crippen LogP contribution in [-0.4, -0.2) is 37.1 Å². The first kappa shape index (κ1) is 18.0. The number of nitrogens with zero attached hydrogens (tertiary/aromatic N) is 1. The molecule has 136 valence electrons. The van der Waals surface area contributed by atoms with Gasteiger partial charge in [0.25, 0.3) is 5.91 Å². The molecule has 4 nitrogen and oxygen atoms in total. The molecular formula is C21H29NO3. The van der Waals surface area contributed by atoms with Crippen molar-refractivity contribution in [1.29, 1.82) is 0 Å². The normalized spacial score (nSPS) is 17.3. The fourth-order valence-corrected chi connectivity index (χ4v) is 3.62. The quantitative estimate of drug-likeness (QED) is 0.730. The molecule has 0 saturated carbocycles. The van der Waals surface area contributed by atoms with Crippen molar-refractivity contribution in [2.75, 3.05) is 20.2 Å². The summed E-state index contributed by atoms with van der Waals surface area (Å²) in [6, 6.07) is 6.24. The van der Waals surface area contributed by atoms with E-state index >= 15 is 0 Å². The van der Waals surface area contributed by atoms with E-state index in [4.69, 9.17) is 9.15 Å². The summed E-state index contributed by atoms with van der Waals surface area (Å²) in [5.74, 6) is 0.446. The highest BCUT2D eigenvalue weighted by atomic mass is 16.5. The van der Waals surface area contributed by atoms with E-state index in [0.29, 0.717) is 11.9 Å². The zero-order chi connectivity index (χ0) is 17.8. The monoisotopic (exact) mass is 343 g/mol. The van der Waals surface area contributed by atoms with Gasteiger partial charge < -0.3 is 14.1 Å². The van der Waals surface area contributed by atoms with E-state index in [9.17, 15) is 4.79 Å². The second-order valence-electron chi connectivity index (χ2n) is 7.14. The van der Waals surface area contributed by atoms with Crippen molar-refractivity contribution in [1.82, 2.24) is 4.90 Å². The molecule has 0 spiro atoms. The maximum atomic E-state index is 12.8. The van der Waals surface area contributed by atoms with Crippen molar-refractivity contribution in [3.05, 3.63) is 35.1 Å². The molecular weight excluding hydrogens is 314 g/mol. The lowest BCUT2D eigenvalue weighted by Crippen LogP contribution is -2.28. The number of hydrogen-bond donors (Lipinski definition) is 0. The Bertz CT molecular complexity index is 728. The van der Waals surface area contributed by atoms with E-state index < -0.39 is 0 Å². The van der Waals surface area contributed by atoms with Crippen LogP contribution in [0.4, 0.5) is 0 Å². The number of hydrogen-bond acceptors (Lipinski definition) is 3. The number of carbonyl (C=O) groups excluding carboxylic acids is 1. The van der Waals surface area contributed by atoms with Gasteiger partial charge in [-0.3, -0.25) is 4.79 Å². The Balaban J connectivity index is 1.66. The van der Waals surface area contributed by atoms with Crippen LogP contribution < -0.4 is 0 Å². The summed E-state index contributed by atoms with van der Waals surface area (Å²) in [6.45, 7) is 5.77. The summed E-state index contributed by atoms with van der Waals surface area (Å²) in [5, 5.41) is 1.06. The highest BCUT2D eigenvalue weighted by Crippen LogP contribution is 2.27. The van der Waals surface area contributed by atoms with Gasteiger partial charge in [-0.2, -0.15) is 0 Å². The topological polar surface area (TPSA) is 42.7 Å². The van der Waals surface area contributed by atoms with Gasteiger partial charge in [-0.05, 0) is 56.7 Å². The Labute approximate surface area is 150 Å². The third-order valence-electron chi connectivity index (χ3n) is 5.12. The first-order valence-electron chi connectivity index (χ1n) is 9.49. The minimum Gasteiger partial charge on any atom is -0.451 e. The van der Waals surface area contributed by atoms with Crippen molar-refractivity contribution in [3.63, 3.8) is 0 Å². The molecule has 0 unspecified atom stereocenters. The van der Waals surface area contributed by atoms with Gasteiger partial charge in [-0.15, -0.1) is 0 Å². The zero-order valence-corrected chi connectivity index (χ0v) is 15.6. The molecule has 25 heavy (non-hydrogen) atoms. The SMILES string of the molecule is CCCc1ccc2oc(C(=O)N(C)CCC[C@H]3CCCO3)c(C)c2c1. The van der Waals surface area contributed by atoms with Crippen LogP contribution in [0.2, 0.25) is 0 Å². The molecule has 1 fully saturated rings. The summed E-state index contributed by atoms with van der Waals surface area (Å²) < 4.78 is 11.5. The van der Waals surface area contributed by atoms with Crippen molar-refractivity contribution < 1.29 is 13.9 Å². The first-order chi connectivity index (χ1) is 12.1. The van der Waals surface area contributed by atoms with E-state index in [2.05, 4.69) is 19.1 Å². The summed E-state index contributed by atoms with van der Waals surface area (Å²) in [6.07, 6.45) is 6.85. The van der Waals surface area contributed by atoms with E-state index in [1.807, 2.05) is 20.0 Å². The number of amides is 1. The number of carbonyl (C=O) groups is 1. The van der Waals surface area contributed by atoms with Gasteiger partial charge in [0.15, 0.2) is 5.76 Å². The molecule has 3 rings (SSSR count). The molecule has 0 bridgehead atoms. The second-order valence-corrected chi connectivity index (χ2v) is 7.14. The summed E-state index contributed by atoms with van der Waals surface area (Å²) in [4.78, 5) is 14.5. The van der Waals surface area contributed by atoms with Gasteiger partial charge >= 0.3 is 0 Å². The Morgan fingerprint density at radius 1 is 1.36 bits per heavy atom. The number of benzene rings is 1. The fourth-order valence-electron chi connectivity index (χ4n) is 3.62. The molecule has 4 heteroatoms. The molecule has 0 radical (unpaired) electrons. The number of fused-ring (bicyclic) bond motifs is 1. The minimum absolute atomic E-state index is 0.0296. The molecule has 1 aromatic heterocycles. The first-order valence-corrected chi connectivity index (χ1v) is 9.49. The Hall–Kier alpha value is -1.81. The molecule has 1 saturated heterocycles. The molecule has 0 aliphatic carbocycles. The van der Waals surface area contributed by atoms with Gasteiger partial charge in [0.2, 0.25) is 0 Å². The zero-order valence-electron chi connectivity index (χ0n) is 15.6. The molecule has 1 aliphatic rings. The van der Waals surface area contributed by atoms with Crippen molar-refractivity contribution >= 4 is 16.9 Å². The minimum atomic E-state index is -0.0296. The third kappa shape index (κ3) is 4.06. The van der Waals surface area contributed by atoms with Crippen LogP contribution in [0.25, 0.3) is 11.0 Å². The average molecular weight is 343 g/mol. The second kappa shape index (κ2) is 8.05. The van der Waals surface area contributed by atoms with Crippen molar-refractivity contribution in [3.8, 4) is 0 Å². The Kier molecular flexibility index (Phi) is 5.79. The van der Waals surface area contributed by atoms with Gasteiger partial charge in [0.05, 0.1) is 6.10 Å². The van der Waals surface area contributed by atoms with Crippen LogP contribution in [0.5, 0.6) is 0 Å². The van der Waals surface area contributed by atoms with Gasteiger partial charge in [0.1, 0.15) is 5.58 Å². The standard InChI is InChI=1S/C21H29NO3/c1-4-7-16-10-11-19-18(14-16)15(2)20(25-19)21(23)22(3)12-5-8-17-9-6-13-24-17/h10-11,14,17H,4-9,12-13H2,1-3H3/t17-/m0/s1. The van der Waals surface area contributed by atoms with Crippen LogP contribution in [0.3, 0.4) is 0 Å². The van der Waals surface area contributed by atoms with Crippen LogP contribution in [0.15, 0.2) is 22.6 Å². The molecule has 1 atom stereocenters. The fraction of sp³-hybridized carbons (Fsp3) is 0.571. The highest BCUT2D eigenvalue weighted by molar-refractivity contribution is 5.98. The molecule has 1 aromatic carbocycles. The number of rotatable bonds is 7. The highest BCUT2D eigenvalue weighted by Gasteiger charge is 2.22. The van der Waals surface area contributed by atoms with Crippen molar-refractivity contribution in [2.24, 2.45) is 0 Å². The summed E-state index contributed by atoms with van der Waals surface area (Å²) in [5.41, 5.74) is 3.04. The van der Waals surface area contributed by atoms with Gasteiger partial charge in [-0.1, -0.05) is 19.4 Å². The smallest absolute Gasteiger partial charge is 0.289 e. The van der Waals surface area contributed by atoms with Crippen LogP contribution in [0, 0.1) is 6.92 Å². The predicted octanol–water partition coefficient (Wildman–Crippen LogP) is 4.72. The molecule has 1 aliphatic heterocycles. The number of ether oxygens (including phenoxy) is 1. The molecule has 2 aromatic rings. The van der Waals surface area contributed by atoms with E-state index in [1.165, 1.54) is 5.56 Å². The summed E-state index contributed by atoms with van der Waals surface area (Å²) >= 11 is 0. The van der Waals surface area contributed by atoms with Crippen LogP contribution >= 0.6 is 0 Å². The molecule has 2 heterocycles.